The highest BCUT2D eigenvalue weighted by molar-refractivity contribution is 7.89. The number of piperazine rings is 1. The second-order valence-corrected chi connectivity index (χ2v) is 8.28. The Balaban J connectivity index is 1.91. The highest BCUT2D eigenvalue weighted by Crippen LogP contribution is 2.22. The van der Waals surface area contributed by atoms with Crippen LogP contribution < -0.4 is 9.62 Å². The summed E-state index contributed by atoms with van der Waals surface area (Å²) < 4.78 is 27.7. The minimum absolute atomic E-state index is 0.326. The molecular weight excluding hydrogens is 324 g/mol. The lowest BCUT2D eigenvalue weighted by Crippen LogP contribution is -2.48. The lowest BCUT2D eigenvalue weighted by atomic mass is 10.2. The maximum Gasteiger partial charge on any atom is 0.240 e. The molecule has 2 rings (SSSR count). The summed E-state index contributed by atoms with van der Waals surface area (Å²) in [6, 6.07) is 5.26. The summed E-state index contributed by atoms with van der Waals surface area (Å²) in [5.41, 5.74) is 1.99. The van der Waals surface area contributed by atoms with Crippen molar-refractivity contribution in [3.05, 3.63) is 23.8 Å². The van der Waals surface area contributed by atoms with Gasteiger partial charge in [0.1, 0.15) is 0 Å². The van der Waals surface area contributed by atoms with Gasteiger partial charge in [0.2, 0.25) is 10.0 Å². The van der Waals surface area contributed by atoms with Crippen LogP contribution >= 0.6 is 0 Å². The molecule has 1 aromatic carbocycles. The van der Waals surface area contributed by atoms with Crippen molar-refractivity contribution in [1.29, 1.82) is 0 Å². The van der Waals surface area contributed by atoms with Gasteiger partial charge in [0.05, 0.1) is 4.90 Å². The first-order valence-electron chi connectivity index (χ1n) is 8.56. The van der Waals surface area contributed by atoms with Crippen molar-refractivity contribution in [2.75, 3.05) is 64.8 Å². The van der Waals surface area contributed by atoms with Crippen LogP contribution in [0.15, 0.2) is 23.1 Å². The molecule has 0 bridgehead atoms. The Morgan fingerprint density at radius 2 is 1.75 bits per heavy atom. The SMILES string of the molecule is CCN1CCN(CCNS(=O)(=O)c2ccc(C)c(N(C)C)c2)CC1. The molecule has 1 aliphatic heterocycles. The minimum atomic E-state index is -3.46. The van der Waals surface area contributed by atoms with Crippen LogP contribution in [0.2, 0.25) is 0 Å². The predicted molar refractivity (Wildman–Crippen MR) is 99.2 cm³/mol. The Morgan fingerprint density at radius 3 is 2.33 bits per heavy atom. The largest absolute Gasteiger partial charge is 0.377 e. The smallest absolute Gasteiger partial charge is 0.240 e. The van der Waals surface area contributed by atoms with E-state index < -0.39 is 10.0 Å². The van der Waals surface area contributed by atoms with Crippen molar-refractivity contribution in [2.45, 2.75) is 18.7 Å². The van der Waals surface area contributed by atoms with Crippen molar-refractivity contribution < 1.29 is 8.42 Å². The van der Waals surface area contributed by atoms with E-state index >= 15 is 0 Å². The molecule has 1 fully saturated rings. The quantitative estimate of drug-likeness (QED) is 0.791. The van der Waals surface area contributed by atoms with E-state index in [2.05, 4.69) is 21.4 Å². The first-order chi connectivity index (χ1) is 11.3. The van der Waals surface area contributed by atoms with E-state index in [1.54, 1.807) is 12.1 Å². The zero-order valence-electron chi connectivity index (χ0n) is 15.2. The molecule has 1 N–H and O–H groups in total. The first-order valence-corrected chi connectivity index (χ1v) is 10.0. The van der Waals surface area contributed by atoms with E-state index in [1.165, 1.54) is 0 Å². The molecule has 24 heavy (non-hydrogen) atoms. The van der Waals surface area contributed by atoms with Crippen LogP contribution in [0.4, 0.5) is 5.69 Å². The summed E-state index contributed by atoms with van der Waals surface area (Å²) in [6.07, 6.45) is 0. The zero-order valence-corrected chi connectivity index (χ0v) is 16.1. The van der Waals surface area contributed by atoms with E-state index in [4.69, 9.17) is 0 Å². The van der Waals surface area contributed by atoms with Crippen LogP contribution in [0.25, 0.3) is 0 Å². The van der Waals surface area contributed by atoms with Gasteiger partial charge >= 0.3 is 0 Å². The average molecular weight is 355 g/mol. The Morgan fingerprint density at radius 1 is 1.12 bits per heavy atom. The molecule has 1 aromatic rings. The van der Waals surface area contributed by atoms with Gasteiger partial charge in [0.25, 0.3) is 0 Å². The molecule has 6 nitrogen and oxygen atoms in total. The van der Waals surface area contributed by atoms with Crippen molar-refractivity contribution in [2.24, 2.45) is 0 Å². The van der Waals surface area contributed by atoms with Crippen molar-refractivity contribution in [1.82, 2.24) is 14.5 Å². The molecule has 136 valence electrons. The summed E-state index contributed by atoms with van der Waals surface area (Å²) >= 11 is 0. The highest BCUT2D eigenvalue weighted by Gasteiger charge is 2.18. The summed E-state index contributed by atoms with van der Waals surface area (Å²) in [7, 11) is 0.374. The van der Waals surface area contributed by atoms with Gasteiger partial charge in [-0.25, -0.2) is 13.1 Å². The van der Waals surface area contributed by atoms with E-state index in [1.807, 2.05) is 32.0 Å². The second-order valence-electron chi connectivity index (χ2n) is 6.52. The number of sulfonamides is 1. The number of anilines is 1. The molecule has 1 saturated heterocycles. The monoisotopic (exact) mass is 354 g/mol. The Hall–Kier alpha value is -1.15. The number of hydrogen-bond acceptors (Lipinski definition) is 5. The van der Waals surface area contributed by atoms with Gasteiger partial charge in [-0.15, -0.1) is 0 Å². The van der Waals surface area contributed by atoms with Crippen molar-refractivity contribution in [3.63, 3.8) is 0 Å². The van der Waals surface area contributed by atoms with Crippen LogP contribution in [0.5, 0.6) is 0 Å². The fourth-order valence-corrected chi connectivity index (χ4v) is 4.03. The molecule has 0 aromatic heterocycles. The molecule has 0 aliphatic carbocycles. The van der Waals surface area contributed by atoms with Gasteiger partial charge in [0, 0.05) is 59.1 Å². The Bertz CT molecular complexity index is 638. The standard InChI is InChI=1S/C17H30N4O2S/c1-5-20-10-12-21(13-11-20)9-8-18-24(22,23)16-7-6-15(2)17(14-16)19(3)4/h6-7,14,18H,5,8-13H2,1-4H3. The topological polar surface area (TPSA) is 55.9 Å². The summed E-state index contributed by atoms with van der Waals surface area (Å²) in [4.78, 5) is 6.99. The van der Waals surface area contributed by atoms with E-state index in [0.717, 1.165) is 50.5 Å². The lowest BCUT2D eigenvalue weighted by Gasteiger charge is -2.33. The molecule has 0 unspecified atom stereocenters. The van der Waals surface area contributed by atoms with Gasteiger partial charge in [0.15, 0.2) is 0 Å². The van der Waals surface area contributed by atoms with Gasteiger partial charge in [-0.1, -0.05) is 13.0 Å². The fraction of sp³-hybridized carbons (Fsp3) is 0.647. The predicted octanol–water partition coefficient (Wildman–Crippen LogP) is 0.977. The summed E-state index contributed by atoms with van der Waals surface area (Å²) in [5, 5.41) is 0. The van der Waals surface area contributed by atoms with Crippen LogP contribution in [-0.4, -0.2) is 78.1 Å². The van der Waals surface area contributed by atoms with Crippen molar-refractivity contribution >= 4 is 15.7 Å². The number of rotatable bonds is 7. The molecule has 0 spiro atoms. The second kappa shape index (κ2) is 8.29. The Labute approximate surface area is 146 Å². The average Bonchev–Trinajstić information content (AvgIpc) is 2.55. The van der Waals surface area contributed by atoms with Gasteiger partial charge < -0.3 is 9.80 Å². The molecule has 0 amide bonds. The van der Waals surface area contributed by atoms with Crippen LogP contribution in [0, 0.1) is 6.92 Å². The third-order valence-electron chi connectivity index (χ3n) is 4.60. The summed E-state index contributed by atoms with van der Waals surface area (Å²) in [5.74, 6) is 0. The number of nitrogens with one attached hydrogen (secondary N) is 1. The maximum atomic E-state index is 12.5. The zero-order chi connectivity index (χ0) is 17.7. The molecular formula is C17H30N4O2S. The van der Waals surface area contributed by atoms with Gasteiger partial charge in [-0.3, -0.25) is 4.90 Å². The highest BCUT2D eigenvalue weighted by atomic mass is 32.2. The molecule has 0 atom stereocenters. The van der Waals surface area contributed by atoms with Crippen LogP contribution in [-0.2, 0) is 10.0 Å². The number of benzene rings is 1. The first kappa shape index (κ1) is 19.2. The van der Waals surface area contributed by atoms with Crippen LogP contribution in [0.3, 0.4) is 0 Å². The van der Waals surface area contributed by atoms with E-state index in [-0.39, 0.29) is 0 Å². The van der Waals surface area contributed by atoms with E-state index in [9.17, 15) is 8.42 Å². The lowest BCUT2D eigenvalue weighted by molar-refractivity contribution is 0.139. The van der Waals surface area contributed by atoms with E-state index in [0.29, 0.717) is 11.4 Å². The number of aryl methyl sites for hydroxylation is 1. The van der Waals surface area contributed by atoms with Gasteiger partial charge in [-0.05, 0) is 31.2 Å². The van der Waals surface area contributed by atoms with Gasteiger partial charge in [-0.2, -0.15) is 0 Å². The number of nitrogens with zero attached hydrogens (tertiary/aromatic N) is 3. The fourth-order valence-electron chi connectivity index (χ4n) is 2.99. The number of likely N-dealkylation sites (N-methyl/N-ethyl adjacent to an activating group) is 1. The molecule has 7 heteroatoms. The number of hydrogen-bond donors (Lipinski definition) is 1. The third kappa shape index (κ3) is 4.92. The molecule has 0 radical (unpaired) electrons. The molecule has 1 heterocycles. The van der Waals surface area contributed by atoms with Crippen LogP contribution in [0.1, 0.15) is 12.5 Å². The van der Waals surface area contributed by atoms with Crippen molar-refractivity contribution in [3.8, 4) is 0 Å². The molecule has 1 aliphatic rings. The Kier molecular flexibility index (Phi) is 6.62. The summed E-state index contributed by atoms with van der Waals surface area (Å²) in [6.45, 7) is 10.6. The maximum absolute atomic E-state index is 12.5. The third-order valence-corrected chi connectivity index (χ3v) is 6.06. The molecule has 0 saturated carbocycles. The minimum Gasteiger partial charge on any atom is -0.377 e. The normalized spacial score (nSPS) is 17.2.